The van der Waals surface area contributed by atoms with Crippen LogP contribution >= 0.6 is 0 Å². The fourth-order valence-corrected chi connectivity index (χ4v) is 2.45. The van der Waals surface area contributed by atoms with E-state index in [-0.39, 0.29) is 6.10 Å². The number of hydrogen-bond acceptors (Lipinski definition) is 4. The van der Waals surface area contributed by atoms with Crippen molar-refractivity contribution in [2.75, 3.05) is 13.7 Å². The van der Waals surface area contributed by atoms with Gasteiger partial charge in [0.1, 0.15) is 11.9 Å². The molecule has 0 spiro atoms. The second-order valence-corrected chi connectivity index (χ2v) is 5.03. The minimum absolute atomic E-state index is 0.264. The van der Waals surface area contributed by atoms with Gasteiger partial charge in [-0.25, -0.2) is 0 Å². The minimum Gasteiger partial charge on any atom is -0.489 e. The molecule has 0 radical (unpaired) electrons. The predicted molar refractivity (Wildman–Crippen MR) is 75.3 cm³/mol. The van der Waals surface area contributed by atoms with Crippen LogP contribution in [-0.2, 0) is 11.3 Å². The van der Waals surface area contributed by atoms with Gasteiger partial charge in [-0.2, -0.15) is 0 Å². The van der Waals surface area contributed by atoms with Crippen molar-refractivity contribution in [1.29, 1.82) is 0 Å². The smallest absolute Gasteiger partial charge is 0.138 e. The highest BCUT2D eigenvalue weighted by Crippen LogP contribution is 2.24. The van der Waals surface area contributed by atoms with E-state index in [9.17, 15) is 0 Å². The van der Waals surface area contributed by atoms with Gasteiger partial charge in [-0.1, -0.05) is 6.92 Å². The lowest BCUT2D eigenvalue weighted by atomic mass is 9.95. The Morgan fingerprint density at radius 3 is 2.84 bits per heavy atom. The Balaban J connectivity index is 1.85. The van der Waals surface area contributed by atoms with Crippen LogP contribution in [0.1, 0.15) is 38.3 Å². The Kier molecular flexibility index (Phi) is 5.61. The van der Waals surface area contributed by atoms with Crippen LogP contribution in [0.2, 0.25) is 0 Å². The van der Waals surface area contributed by atoms with E-state index in [1.165, 1.54) is 6.42 Å². The summed E-state index contributed by atoms with van der Waals surface area (Å²) < 4.78 is 11.4. The molecule has 2 unspecified atom stereocenters. The molecule has 1 aliphatic rings. The Hall–Kier alpha value is -1.13. The van der Waals surface area contributed by atoms with Crippen LogP contribution in [0.4, 0.5) is 0 Å². The molecule has 0 bridgehead atoms. The molecule has 1 aliphatic carbocycles. The Morgan fingerprint density at radius 2 is 2.16 bits per heavy atom. The summed E-state index contributed by atoms with van der Waals surface area (Å²) in [6.07, 6.45) is 6.85. The number of rotatable bonds is 6. The number of nitrogens with one attached hydrogen (secondary N) is 1. The van der Waals surface area contributed by atoms with E-state index in [4.69, 9.17) is 9.47 Å². The van der Waals surface area contributed by atoms with Crippen molar-refractivity contribution in [2.45, 2.75) is 51.4 Å². The zero-order chi connectivity index (χ0) is 13.5. The molecular formula is C15H24N2O2. The first-order valence-corrected chi connectivity index (χ1v) is 7.17. The molecule has 2 rings (SSSR count). The Bertz CT molecular complexity index is 367. The maximum atomic E-state index is 5.98. The molecule has 0 aliphatic heterocycles. The Labute approximate surface area is 115 Å². The highest BCUT2D eigenvalue weighted by atomic mass is 16.5. The maximum Gasteiger partial charge on any atom is 0.138 e. The standard InChI is InChI=1S/C15H24N2O2/c1-3-16-10-12-7-8-15(11-17-12)19-14-6-4-5-13(9-14)18-2/h7-8,11,13-14,16H,3-6,9-10H2,1-2H3. The monoisotopic (exact) mass is 264 g/mol. The summed E-state index contributed by atoms with van der Waals surface area (Å²) in [5.74, 6) is 0.863. The van der Waals surface area contributed by atoms with Gasteiger partial charge in [-0.05, 0) is 37.9 Å². The van der Waals surface area contributed by atoms with E-state index < -0.39 is 0 Å². The molecule has 4 nitrogen and oxygen atoms in total. The van der Waals surface area contributed by atoms with Crippen LogP contribution < -0.4 is 10.1 Å². The fourth-order valence-electron chi connectivity index (χ4n) is 2.45. The van der Waals surface area contributed by atoms with Crippen LogP contribution in [0.15, 0.2) is 18.3 Å². The van der Waals surface area contributed by atoms with Crippen molar-refractivity contribution < 1.29 is 9.47 Å². The fraction of sp³-hybridized carbons (Fsp3) is 0.667. The normalized spacial score (nSPS) is 23.3. The zero-order valence-electron chi connectivity index (χ0n) is 11.9. The molecule has 0 amide bonds. The third-order valence-corrected chi connectivity index (χ3v) is 3.57. The van der Waals surface area contributed by atoms with Crippen LogP contribution in [0, 0.1) is 0 Å². The molecule has 1 N–H and O–H groups in total. The lowest BCUT2D eigenvalue weighted by Gasteiger charge is -2.28. The van der Waals surface area contributed by atoms with Gasteiger partial charge < -0.3 is 14.8 Å². The molecular weight excluding hydrogens is 240 g/mol. The lowest BCUT2D eigenvalue weighted by molar-refractivity contribution is 0.0208. The van der Waals surface area contributed by atoms with Crippen molar-refractivity contribution in [2.24, 2.45) is 0 Å². The third kappa shape index (κ3) is 4.48. The van der Waals surface area contributed by atoms with E-state index >= 15 is 0 Å². The molecule has 1 heterocycles. The summed E-state index contributed by atoms with van der Waals surface area (Å²) in [4.78, 5) is 4.40. The number of ether oxygens (including phenoxy) is 2. The van der Waals surface area contributed by atoms with Crippen molar-refractivity contribution in [3.63, 3.8) is 0 Å². The lowest BCUT2D eigenvalue weighted by Crippen LogP contribution is -2.29. The summed E-state index contributed by atoms with van der Waals surface area (Å²) in [7, 11) is 1.78. The summed E-state index contributed by atoms with van der Waals surface area (Å²) in [6.45, 7) is 3.86. The van der Waals surface area contributed by atoms with E-state index in [0.717, 1.165) is 43.8 Å². The number of pyridine rings is 1. The SMILES string of the molecule is CCNCc1ccc(OC2CCCC(OC)C2)cn1. The highest BCUT2D eigenvalue weighted by Gasteiger charge is 2.23. The van der Waals surface area contributed by atoms with E-state index in [1.54, 1.807) is 7.11 Å². The van der Waals surface area contributed by atoms with Gasteiger partial charge >= 0.3 is 0 Å². The molecule has 0 aromatic carbocycles. The average Bonchev–Trinajstić information content (AvgIpc) is 2.47. The van der Waals surface area contributed by atoms with Crippen molar-refractivity contribution in [3.05, 3.63) is 24.0 Å². The quantitative estimate of drug-likeness (QED) is 0.857. The van der Waals surface area contributed by atoms with Crippen molar-refractivity contribution in [3.8, 4) is 5.75 Å². The van der Waals surface area contributed by atoms with Gasteiger partial charge in [0, 0.05) is 20.1 Å². The van der Waals surface area contributed by atoms with Crippen molar-refractivity contribution >= 4 is 0 Å². The highest BCUT2D eigenvalue weighted by molar-refractivity contribution is 5.20. The van der Waals surface area contributed by atoms with Gasteiger partial charge in [-0.3, -0.25) is 4.98 Å². The third-order valence-electron chi connectivity index (χ3n) is 3.57. The molecule has 1 saturated carbocycles. The largest absolute Gasteiger partial charge is 0.489 e. The molecule has 4 heteroatoms. The Morgan fingerprint density at radius 1 is 1.32 bits per heavy atom. The molecule has 1 aromatic heterocycles. The van der Waals surface area contributed by atoms with Gasteiger partial charge in [0.25, 0.3) is 0 Å². The van der Waals surface area contributed by atoms with Gasteiger partial charge in [0.15, 0.2) is 0 Å². The average molecular weight is 264 g/mol. The first-order chi connectivity index (χ1) is 9.31. The van der Waals surface area contributed by atoms with Gasteiger partial charge in [0.05, 0.1) is 18.0 Å². The van der Waals surface area contributed by atoms with Crippen LogP contribution in [0.5, 0.6) is 5.75 Å². The van der Waals surface area contributed by atoms with Crippen LogP contribution in [0.3, 0.4) is 0 Å². The predicted octanol–water partition coefficient (Wildman–Crippen LogP) is 2.53. The second kappa shape index (κ2) is 7.46. The van der Waals surface area contributed by atoms with E-state index in [2.05, 4.69) is 17.2 Å². The van der Waals surface area contributed by atoms with Crippen molar-refractivity contribution in [1.82, 2.24) is 10.3 Å². The number of methoxy groups -OCH3 is 1. The van der Waals surface area contributed by atoms with E-state index in [1.807, 2.05) is 18.3 Å². The van der Waals surface area contributed by atoms with Gasteiger partial charge in [0.2, 0.25) is 0 Å². The van der Waals surface area contributed by atoms with Gasteiger partial charge in [-0.15, -0.1) is 0 Å². The molecule has 2 atom stereocenters. The number of nitrogens with zero attached hydrogens (tertiary/aromatic N) is 1. The summed E-state index contributed by atoms with van der Waals surface area (Å²) in [5, 5.41) is 3.26. The first-order valence-electron chi connectivity index (χ1n) is 7.17. The van der Waals surface area contributed by atoms with Crippen LogP contribution in [-0.4, -0.2) is 30.8 Å². The number of aromatic nitrogens is 1. The second-order valence-electron chi connectivity index (χ2n) is 5.03. The maximum absolute atomic E-state index is 5.98. The molecule has 0 saturated heterocycles. The minimum atomic E-state index is 0.264. The molecule has 1 aromatic rings. The van der Waals surface area contributed by atoms with Crippen LogP contribution in [0.25, 0.3) is 0 Å². The number of hydrogen-bond donors (Lipinski definition) is 1. The molecule has 19 heavy (non-hydrogen) atoms. The molecule has 1 fully saturated rings. The summed E-state index contributed by atoms with van der Waals surface area (Å²) >= 11 is 0. The molecule has 106 valence electrons. The topological polar surface area (TPSA) is 43.4 Å². The summed E-state index contributed by atoms with van der Waals surface area (Å²) in [6, 6.07) is 4.03. The summed E-state index contributed by atoms with van der Waals surface area (Å²) in [5.41, 5.74) is 1.05. The van der Waals surface area contributed by atoms with E-state index in [0.29, 0.717) is 6.10 Å². The zero-order valence-corrected chi connectivity index (χ0v) is 11.9. The first kappa shape index (κ1) is 14.3.